The van der Waals surface area contributed by atoms with Crippen molar-refractivity contribution in [3.8, 4) is 0 Å². The van der Waals surface area contributed by atoms with Crippen LogP contribution in [0.2, 0.25) is 0 Å². The van der Waals surface area contributed by atoms with Crippen molar-refractivity contribution in [1.82, 2.24) is 14.7 Å². The summed E-state index contributed by atoms with van der Waals surface area (Å²) in [4.78, 5) is 15.8. The minimum Gasteiger partial charge on any atom is -0.356 e. The van der Waals surface area contributed by atoms with Gasteiger partial charge in [-0.25, -0.2) is 4.98 Å². The molecule has 0 atom stereocenters. The highest BCUT2D eigenvalue weighted by atomic mass is 16.1. The summed E-state index contributed by atoms with van der Waals surface area (Å²) in [5, 5.41) is 2.76. The Kier molecular flexibility index (Phi) is 2.90. The highest BCUT2D eigenvalue weighted by molar-refractivity contribution is 5.78. The molecule has 0 bridgehead atoms. The number of hydrogen-bond donors (Lipinski definition) is 1. The Labute approximate surface area is 94.3 Å². The highest BCUT2D eigenvalue weighted by Gasteiger charge is 2.06. The van der Waals surface area contributed by atoms with Crippen LogP contribution in [0.4, 0.5) is 0 Å². The lowest BCUT2D eigenvalue weighted by molar-refractivity contribution is -0.120. The maximum atomic E-state index is 11.4. The van der Waals surface area contributed by atoms with Gasteiger partial charge in [0.25, 0.3) is 0 Å². The molecule has 0 aliphatic carbocycles. The number of carbonyl (C=O) groups is 1. The molecular formula is C12H15N3O. The fourth-order valence-corrected chi connectivity index (χ4v) is 1.65. The van der Waals surface area contributed by atoms with E-state index in [1.54, 1.807) is 0 Å². The first kappa shape index (κ1) is 10.7. The highest BCUT2D eigenvalue weighted by Crippen LogP contribution is 2.07. The number of nitrogens with one attached hydrogen (secondary N) is 1. The van der Waals surface area contributed by atoms with Crippen molar-refractivity contribution in [2.75, 3.05) is 6.54 Å². The molecule has 2 rings (SSSR count). The summed E-state index contributed by atoms with van der Waals surface area (Å²) in [6.07, 6.45) is 4.19. The van der Waals surface area contributed by atoms with Crippen molar-refractivity contribution in [3.63, 3.8) is 0 Å². The summed E-state index contributed by atoms with van der Waals surface area (Å²) in [5.41, 5.74) is 2.86. The first-order chi connectivity index (χ1) is 7.69. The van der Waals surface area contributed by atoms with E-state index in [4.69, 9.17) is 0 Å². The number of likely N-dealkylation sites (N-methyl/N-ethyl adjacent to an activating group) is 1. The lowest BCUT2D eigenvalue weighted by Gasteiger charge is -1.97. The second-order valence-electron chi connectivity index (χ2n) is 3.83. The standard InChI is InChI=1S/C12H15N3O/c1-3-13-12(16)7-10-8-15-5-4-9(2)6-11(15)14-10/h4-6,8H,3,7H2,1-2H3,(H,13,16). The van der Waals surface area contributed by atoms with Gasteiger partial charge in [-0.05, 0) is 31.5 Å². The molecule has 2 heterocycles. The molecule has 84 valence electrons. The summed E-state index contributed by atoms with van der Waals surface area (Å²) < 4.78 is 1.93. The van der Waals surface area contributed by atoms with Crippen LogP contribution in [-0.2, 0) is 11.2 Å². The fourth-order valence-electron chi connectivity index (χ4n) is 1.65. The number of hydrogen-bond acceptors (Lipinski definition) is 2. The molecular weight excluding hydrogens is 202 g/mol. The summed E-state index contributed by atoms with van der Waals surface area (Å²) in [6.45, 7) is 4.59. The number of aryl methyl sites for hydroxylation is 1. The molecule has 4 nitrogen and oxygen atoms in total. The van der Waals surface area contributed by atoms with Gasteiger partial charge in [0.1, 0.15) is 5.65 Å². The molecule has 0 fully saturated rings. The molecule has 2 aromatic heterocycles. The van der Waals surface area contributed by atoms with E-state index in [0.717, 1.165) is 11.3 Å². The fraction of sp³-hybridized carbons (Fsp3) is 0.333. The number of rotatable bonds is 3. The zero-order valence-electron chi connectivity index (χ0n) is 9.53. The second kappa shape index (κ2) is 4.35. The maximum Gasteiger partial charge on any atom is 0.226 e. The predicted molar refractivity (Wildman–Crippen MR) is 62.3 cm³/mol. The predicted octanol–water partition coefficient (Wildman–Crippen LogP) is 1.32. The number of fused-ring (bicyclic) bond motifs is 1. The van der Waals surface area contributed by atoms with Crippen LogP contribution in [-0.4, -0.2) is 21.8 Å². The summed E-state index contributed by atoms with van der Waals surface area (Å²) in [6, 6.07) is 4.02. The summed E-state index contributed by atoms with van der Waals surface area (Å²) >= 11 is 0. The number of imidazole rings is 1. The topological polar surface area (TPSA) is 46.4 Å². The second-order valence-corrected chi connectivity index (χ2v) is 3.83. The molecule has 0 radical (unpaired) electrons. The first-order valence-corrected chi connectivity index (χ1v) is 5.40. The average Bonchev–Trinajstić information content (AvgIpc) is 2.59. The molecule has 0 aliphatic heterocycles. The number of amides is 1. The minimum atomic E-state index is 0.0163. The van der Waals surface area contributed by atoms with E-state index < -0.39 is 0 Å². The van der Waals surface area contributed by atoms with Crippen LogP contribution in [0.5, 0.6) is 0 Å². The number of nitrogens with zero attached hydrogens (tertiary/aromatic N) is 2. The SMILES string of the molecule is CCNC(=O)Cc1cn2ccc(C)cc2n1. The van der Waals surface area contributed by atoms with Crippen LogP contribution in [0.3, 0.4) is 0 Å². The third kappa shape index (κ3) is 2.21. The Morgan fingerprint density at radius 1 is 1.56 bits per heavy atom. The minimum absolute atomic E-state index is 0.0163. The Bertz CT molecular complexity index is 516. The van der Waals surface area contributed by atoms with Crippen molar-refractivity contribution in [3.05, 3.63) is 35.8 Å². The van der Waals surface area contributed by atoms with E-state index in [2.05, 4.69) is 10.3 Å². The Morgan fingerprint density at radius 3 is 3.12 bits per heavy atom. The van der Waals surface area contributed by atoms with Gasteiger partial charge in [-0.15, -0.1) is 0 Å². The Balaban J connectivity index is 2.23. The number of aromatic nitrogens is 2. The molecule has 0 unspecified atom stereocenters. The Hall–Kier alpha value is -1.84. The molecule has 0 saturated heterocycles. The van der Waals surface area contributed by atoms with Crippen molar-refractivity contribution in [2.45, 2.75) is 20.3 Å². The molecule has 0 aliphatic rings. The van der Waals surface area contributed by atoms with E-state index in [-0.39, 0.29) is 5.91 Å². The average molecular weight is 217 g/mol. The van der Waals surface area contributed by atoms with Crippen LogP contribution in [0, 0.1) is 6.92 Å². The number of carbonyl (C=O) groups excluding carboxylic acids is 1. The van der Waals surface area contributed by atoms with E-state index in [9.17, 15) is 4.79 Å². The molecule has 1 N–H and O–H groups in total. The molecule has 16 heavy (non-hydrogen) atoms. The molecule has 0 aromatic carbocycles. The molecule has 4 heteroatoms. The van der Waals surface area contributed by atoms with Crippen LogP contribution < -0.4 is 5.32 Å². The van der Waals surface area contributed by atoms with E-state index in [0.29, 0.717) is 13.0 Å². The zero-order valence-corrected chi connectivity index (χ0v) is 9.53. The van der Waals surface area contributed by atoms with Crippen molar-refractivity contribution < 1.29 is 4.79 Å². The quantitative estimate of drug-likeness (QED) is 0.842. The van der Waals surface area contributed by atoms with Crippen molar-refractivity contribution in [2.24, 2.45) is 0 Å². The molecule has 2 aromatic rings. The van der Waals surface area contributed by atoms with Gasteiger partial charge in [-0.2, -0.15) is 0 Å². The third-order valence-corrected chi connectivity index (χ3v) is 2.38. The van der Waals surface area contributed by atoms with Crippen LogP contribution in [0.15, 0.2) is 24.5 Å². The lowest BCUT2D eigenvalue weighted by atomic mass is 10.3. The normalized spacial score (nSPS) is 10.6. The van der Waals surface area contributed by atoms with Gasteiger partial charge in [-0.1, -0.05) is 0 Å². The van der Waals surface area contributed by atoms with Crippen molar-refractivity contribution >= 4 is 11.6 Å². The monoisotopic (exact) mass is 217 g/mol. The maximum absolute atomic E-state index is 11.4. The van der Waals surface area contributed by atoms with Crippen LogP contribution >= 0.6 is 0 Å². The van der Waals surface area contributed by atoms with Crippen molar-refractivity contribution in [1.29, 1.82) is 0 Å². The Morgan fingerprint density at radius 2 is 2.38 bits per heavy atom. The molecule has 0 saturated carbocycles. The summed E-state index contributed by atoms with van der Waals surface area (Å²) in [5.74, 6) is 0.0163. The van der Waals surface area contributed by atoms with Gasteiger partial charge in [-0.3, -0.25) is 4.79 Å². The summed E-state index contributed by atoms with van der Waals surface area (Å²) in [7, 11) is 0. The van der Waals surface area contributed by atoms with Gasteiger partial charge in [0.2, 0.25) is 5.91 Å². The lowest BCUT2D eigenvalue weighted by Crippen LogP contribution is -2.24. The van der Waals surface area contributed by atoms with Crippen LogP contribution in [0.25, 0.3) is 5.65 Å². The smallest absolute Gasteiger partial charge is 0.226 e. The van der Waals surface area contributed by atoms with Gasteiger partial charge >= 0.3 is 0 Å². The van der Waals surface area contributed by atoms with E-state index in [1.165, 1.54) is 5.56 Å². The third-order valence-electron chi connectivity index (χ3n) is 2.38. The zero-order chi connectivity index (χ0) is 11.5. The van der Waals surface area contributed by atoms with Gasteiger partial charge in [0.15, 0.2) is 0 Å². The van der Waals surface area contributed by atoms with Gasteiger partial charge in [0.05, 0.1) is 12.1 Å². The van der Waals surface area contributed by atoms with Gasteiger partial charge < -0.3 is 9.72 Å². The largest absolute Gasteiger partial charge is 0.356 e. The first-order valence-electron chi connectivity index (χ1n) is 5.40. The van der Waals surface area contributed by atoms with E-state index >= 15 is 0 Å². The van der Waals surface area contributed by atoms with Crippen LogP contribution in [0.1, 0.15) is 18.2 Å². The van der Waals surface area contributed by atoms with Gasteiger partial charge in [0, 0.05) is 18.9 Å². The van der Waals surface area contributed by atoms with E-state index in [1.807, 2.05) is 42.8 Å². The molecule has 0 spiro atoms. The number of pyridine rings is 1. The molecule has 1 amide bonds.